The molecular formula is C8H15N4NaO4. The summed E-state index contributed by atoms with van der Waals surface area (Å²) in [5.74, 6) is 0. The van der Waals surface area contributed by atoms with Crippen LogP contribution in [0.4, 0.5) is 4.79 Å². The molecule has 1 saturated heterocycles. The molecule has 0 radical (unpaired) electrons. The van der Waals surface area contributed by atoms with E-state index in [1.54, 1.807) is 0 Å². The minimum Gasteiger partial charge on any atom is -0.724 e. The van der Waals surface area contributed by atoms with Gasteiger partial charge in [-0.05, 0) is 6.42 Å². The van der Waals surface area contributed by atoms with Gasteiger partial charge in [-0.3, -0.25) is 5.28 Å². The van der Waals surface area contributed by atoms with Crippen molar-refractivity contribution >= 4 is 6.09 Å². The van der Waals surface area contributed by atoms with E-state index in [0.29, 0.717) is 19.7 Å². The summed E-state index contributed by atoms with van der Waals surface area (Å²) in [7, 11) is 0. The second-order valence-corrected chi connectivity index (χ2v) is 3.39. The number of hydrogen-bond donors (Lipinski definition) is 0. The van der Waals surface area contributed by atoms with Gasteiger partial charge in [-0.2, -0.15) is 0 Å². The molecule has 1 heterocycles. The quantitative estimate of drug-likeness (QED) is 0.314. The first-order valence-electron chi connectivity index (χ1n) is 5.16. The van der Waals surface area contributed by atoms with E-state index in [0.717, 1.165) is 6.42 Å². The molecule has 0 bridgehead atoms. The molecule has 1 fully saturated rings. The fourth-order valence-corrected chi connectivity index (χ4v) is 1.38. The van der Waals surface area contributed by atoms with Crippen molar-refractivity contribution in [2.24, 2.45) is 5.29 Å². The van der Waals surface area contributed by atoms with Crippen LogP contribution in [0.15, 0.2) is 5.29 Å². The summed E-state index contributed by atoms with van der Waals surface area (Å²) >= 11 is 0. The number of ether oxygens (including phenoxy) is 1. The fourth-order valence-electron chi connectivity index (χ4n) is 1.38. The Labute approximate surface area is 122 Å². The molecule has 9 heteroatoms. The molecule has 1 aliphatic heterocycles. The van der Waals surface area contributed by atoms with Gasteiger partial charge >= 0.3 is 35.7 Å². The van der Waals surface area contributed by atoms with Crippen molar-refractivity contribution in [1.29, 1.82) is 0 Å². The number of carbonyl (C=O) groups excluding carboxylic acids is 1. The van der Waals surface area contributed by atoms with Crippen molar-refractivity contribution in [2.75, 3.05) is 32.8 Å². The van der Waals surface area contributed by atoms with Crippen molar-refractivity contribution in [3.63, 3.8) is 0 Å². The van der Waals surface area contributed by atoms with E-state index >= 15 is 0 Å². The van der Waals surface area contributed by atoms with E-state index < -0.39 is 0 Å². The molecule has 1 aliphatic rings. The number of hydrogen-bond acceptors (Lipinski definition) is 6. The maximum absolute atomic E-state index is 11.4. The summed E-state index contributed by atoms with van der Waals surface area (Å²) in [6.45, 7) is 3.60. The summed E-state index contributed by atoms with van der Waals surface area (Å²) in [4.78, 5) is 22.9. The van der Waals surface area contributed by atoms with Gasteiger partial charge in [-0.1, -0.05) is 6.92 Å². The largest absolute Gasteiger partial charge is 1.00 e. The zero-order chi connectivity index (χ0) is 12.0. The standard InChI is InChI=1S/C8H15N4O4.Na/c1-2-7-16-8(13)10-3-5-11(6-4-10)12(15)9-14;/h2-7H2,1H3;/q-1;+1. The maximum Gasteiger partial charge on any atom is 1.00 e. The van der Waals surface area contributed by atoms with Crippen LogP contribution in [0.25, 0.3) is 0 Å². The first-order chi connectivity index (χ1) is 7.69. The number of nitroso groups, excluding NO2 is 1. The molecule has 0 N–H and O–H groups in total. The maximum atomic E-state index is 11.4. The van der Waals surface area contributed by atoms with Crippen LogP contribution in [0.3, 0.4) is 0 Å². The summed E-state index contributed by atoms with van der Waals surface area (Å²) in [6.07, 6.45) is 0.396. The SMILES string of the molecule is CCCOC(=O)N1CCN(N([O-])N=O)CC1.[Na+]. The zero-order valence-corrected chi connectivity index (χ0v) is 12.2. The predicted octanol–water partition coefficient (Wildman–Crippen LogP) is -2.45. The van der Waals surface area contributed by atoms with E-state index in [1.807, 2.05) is 6.92 Å². The summed E-state index contributed by atoms with van der Waals surface area (Å²) in [6, 6.07) is 0. The Kier molecular flexibility index (Phi) is 8.44. The summed E-state index contributed by atoms with van der Waals surface area (Å²) in [5.41, 5.74) is 0. The van der Waals surface area contributed by atoms with Gasteiger partial charge in [0.1, 0.15) is 0 Å². The third kappa shape index (κ3) is 5.17. The average Bonchev–Trinajstić information content (AvgIpc) is 2.35. The van der Waals surface area contributed by atoms with Crippen LogP contribution in [0, 0.1) is 10.1 Å². The number of hydrazine groups is 1. The second kappa shape index (κ2) is 8.65. The normalized spacial score (nSPS) is 16.0. The van der Waals surface area contributed by atoms with Gasteiger partial charge in [0.05, 0.1) is 11.9 Å². The van der Waals surface area contributed by atoms with Crippen LogP contribution in [-0.4, -0.2) is 54.1 Å². The topological polar surface area (TPSA) is 88.5 Å². The molecule has 0 aromatic heterocycles. The third-order valence-corrected chi connectivity index (χ3v) is 2.26. The zero-order valence-electron chi connectivity index (χ0n) is 10.2. The Morgan fingerprint density at radius 3 is 2.47 bits per heavy atom. The van der Waals surface area contributed by atoms with Crippen LogP contribution in [-0.2, 0) is 4.74 Å². The molecule has 0 spiro atoms. The Bertz CT molecular complexity index is 248. The molecule has 17 heavy (non-hydrogen) atoms. The van der Waals surface area contributed by atoms with Gasteiger partial charge in [0.25, 0.3) is 0 Å². The summed E-state index contributed by atoms with van der Waals surface area (Å²) in [5, 5.41) is 14.3. The number of amides is 1. The smallest absolute Gasteiger partial charge is 0.724 e. The Morgan fingerprint density at radius 2 is 2.00 bits per heavy atom. The van der Waals surface area contributed by atoms with E-state index in [1.165, 1.54) is 9.91 Å². The Balaban J connectivity index is 0.00000256. The molecule has 0 aliphatic carbocycles. The Hall–Kier alpha value is -0.410. The minimum atomic E-state index is -0.377. The monoisotopic (exact) mass is 254 g/mol. The molecule has 0 atom stereocenters. The molecule has 0 unspecified atom stereocenters. The van der Waals surface area contributed by atoms with Gasteiger partial charge in [-0.25, -0.2) is 9.80 Å². The fraction of sp³-hybridized carbons (Fsp3) is 0.875. The van der Waals surface area contributed by atoms with Crippen molar-refractivity contribution in [1.82, 2.24) is 15.2 Å². The second-order valence-electron chi connectivity index (χ2n) is 3.39. The average molecular weight is 254 g/mol. The van der Waals surface area contributed by atoms with Gasteiger partial charge in [0, 0.05) is 26.2 Å². The van der Waals surface area contributed by atoms with Gasteiger partial charge in [-0.15, -0.1) is 4.91 Å². The predicted molar refractivity (Wildman–Crippen MR) is 55.8 cm³/mol. The first kappa shape index (κ1) is 16.6. The van der Waals surface area contributed by atoms with E-state index in [2.05, 4.69) is 5.29 Å². The number of rotatable bonds is 4. The molecule has 0 aromatic carbocycles. The number of nitrogens with zero attached hydrogens (tertiary/aromatic N) is 4. The van der Waals surface area contributed by atoms with E-state index in [4.69, 9.17) is 4.74 Å². The Morgan fingerprint density at radius 1 is 1.41 bits per heavy atom. The van der Waals surface area contributed by atoms with Crippen LogP contribution in [0.2, 0.25) is 0 Å². The molecule has 92 valence electrons. The first-order valence-corrected chi connectivity index (χ1v) is 5.16. The van der Waals surface area contributed by atoms with Crippen LogP contribution in [0.1, 0.15) is 13.3 Å². The molecule has 0 aromatic rings. The van der Waals surface area contributed by atoms with E-state index in [9.17, 15) is 14.9 Å². The van der Waals surface area contributed by atoms with Gasteiger partial charge in [0.2, 0.25) is 0 Å². The van der Waals surface area contributed by atoms with Crippen molar-refractivity contribution in [3.05, 3.63) is 10.1 Å². The van der Waals surface area contributed by atoms with Crippen LogP contribution >= 0.6 is 0 Å². The third-order valence-electron chi connectivity index (χ3n) is 2.26. The number of carbonyl (C=O) groups is 1. The van der Waals surface area contributed by atoms with Crippen LogP contribution in [0.5, 0.6) is 0 Å². The number of piperazine rings is 1. The van der Waals surface area contributed by atoms with Gasteiger partial charge < -0.3 is 14.8 Å². The molecule has 0 saturated carbocycles. The molecule has 1 rings (SSSR count). The molecule has 8 nitrogen and oxygen atoms in total. The van der Waals surface area contributed by atoms with Crippen molar-refractivity contribution in [3.8, 4) is 0 Å². The molecular weight excluding hydrogens is 239 g/mol. The van der Waals surface area contributed by atoms with E-state index in [-0.39, 0.29) is 54.0 Å². The molecule has 1 amide bonds. The van der Waals surface area contributed by atoms with Crippen molar-refractivity contribution < 1.29 is 39.1 Å². The minimum absolute atomic E-state index is 0. The van der Waals surface area contributed by atoms with Crippen molar-refractivity contribution in [2.45, 2.75) is 13.3 Å². The van der Waals surface area contributed by atoms with Crippen LogP contribution < -0.4 is 29.6 Å². The summed E-state index contributed by atoms with van der Waals surface area (Å²) < 4.78 is 4.94. The van der Waals surface area contributed by atoms with Gasteiger partial charge in [0.15, 0.2) is 0 Å².